The first-order chi connectivity index (χ1) is 6.89. The van der Waals surface area contributed by atoms with Gasteiger partial charge >= 0.3 is 11.9 Å². The molecule has 1 N–H and O–H groups in total. The molecule has 0 bridgehead atoms. The van der Waals surface area contributed by atoms with Crippen LogP contribution in [-0.4, -0.2) is 25.0 Å². The van der Waals surface area contributed by atoms with Crippen molar-refractivity contribution in [3.8, 4) is 0 Å². The lowest BCUT2D eigenvalue weighted by atomic mass is 9.97. The van der Waals surface area contributed by atoms with E-state index in [-0.39, 0.29) is 0 Å². The predicted molar refractivity (Wildman–Crippen MR) is 56.1 cm³/mol. The van der Waals surface area contributed by atoms with Gasteiger partial charge in [-0.2, -0.15) is 0 Å². The van der Waals surface area contributed by atoms with Gasteiger partial charge in [-0.15, -0.1) is 0 Å². The molecule has 0 saturated carbocycles. The molecule has 4 nitrogen and oxygen atoms in total. The van der Waals surface area contributed by atoms with Crippen molar-refractivity contribution >= 4 is 11.9 Å². The monoisotopic (exact) mass is 213 g/mol. The lowest BCUT2D eigenvalue weighted by molar-refractivity contribution is -0.166. The Balaban J connectivity index is 2.32. The highest BCUT2D eigenvalue weighted by atomic mass is 16.6. The van der Waals surface area contributed by atoms with Crippen LogP contribution in [0.3, 0.4) is 0 Å². The Morgan fingerprint density at radius 1 is 1.40 bits per heavy atom. The van der Waals surface area contributed by atoms with Crippen LogP contribution in [0.2, 0.25) is 0 Å². The first-order valence-corrected chi connectivity index (χ1v) is 5.35. The number of ether oxygens (including phenoxy) is 1. The van der Waals surface area contributed by atoms with E-state index in [4.69, 9.17) is 4.74 Å². The highest BCUT2D eigenvalue weighted by Crippen LogP contribution is 2.17. The third-order valence-corrected chi connectivity index (χ3v) is 2.44. The van der Waals surface area contributed by atoms with E-state index in [1.807, 2.05) is 0 Å². The van der Waals surface area contributed by atoms with E-state index in [0.717, 1.165) is 19.5 Å². The van der Waals surface area contributed by atoms with Crippen LogP contribution in [-0.2, 0) is 14.3 Å². The van der Waals surface area contributed by atoms with E-state index in [0.29, 0.717) is 12.3 Å². The molecular formula is C11H19NO3. The van der Waals surface area contributed by atoms with E-state index in [2.05, 4.69) is 5.32 Å². The first-order valence-electron chi connectivity index (χ1n) is 5.35. The maximum atomic E-state index is 11.4. The Morgan fingerprint density at radius 3 is 2.53 bits per heavy atom. The number of rotatable bonds is 2. The van der Waals surface area contributed by atoms with E-state index >= 15 is 0 Å². The summed E-state index contributed by atoms with van der Waals surface area (Å²) in [7, 11) is 0. The summed E-state index contributed by atoms with van der Waals surface area (Å²) < 4.78 is 4.77. The molecule has 0 spiro atoms. The number of nitrogens with one attached hydrogen (secondary N) is 1. The second-order valence-electron chi connectivity index (χ2n) is 5.07. The highest BCUT2D eigenvalue weighted by Gasteiger charge is 2.27. The maximum Gasteiger partial charge on any atom is 0.318 e. The first kappa shape index (κ1) is 12.2. The molecule has 1 saturated heterocycles. The Hall–Kier alpha value is -0.900. The molecule has 4 heteroatoms. The van der Waals surface area contributed by atoms with Gasteiger partial charge in [0.15, 0.2) is 0 Å². The van der Waals surface area contributed by atoms with Gasteiger partial charge in [0.25, 0.3) is 0 Å². The van der Waals surface area contributed by atoms with Crippen LogP contribution in [0.5, 0.6) is 0 Å². The van der Waals surface area contributed by atoms with Gasteiger partial charge in [-0.3, -0.25) is 9.59 Å². The third-order valence-electron chi connectivity index (χ3n) is 2.44. The van der Waals surface area contributed by atoms with Gasteiger partial charge < -0.3 is 10.1 Å². The summed E-state index contributed by atoms with van der Waals surface area (Å²) in [6.45, 7) is 7.00. The molecule has 86 valence electrons. The minimum Gasteiger partial charge on any atom is -0.393 e. The summed E-state index contributed by atoms with van der Waals surface area (Å²) in [6.07, 6.45) is 1.33. The minimum atomic E-state index is -0.608. The molecule has 1 fully saturated rings. The molecule has 15 heavy (non-hydrogen) atoms. The second kappa shape index (κ2) is 4.75. The van der Waals surface area contributed by atoms with Crippen molar-refractivity contribution in [2.24, 2.45) is 11.3 Å². The molecule has 1 heterocycles. The Bertz CT molecular complexity index is 249. The van der Waals surface area contributed by atoms with Gasteiger partial charge in [0.1, 0.15) is 0 Å². The van der Waals surface area contributed by atoms with E-state index in [1.165, 1.54) is 0 Å². The van der Waals surface area contributed by atoms with Gasteiger partial charge in [0.2, 0.25) is 0 Å². The molecule has 0 unspecified atom stereocenters. The van der Waals surface area contributed by atoms with Gasteiger partial charge in [0.05, 0.1) is 11.8 Å². The zero-order valence-electron chi connectivity index (χ0n) is 9.63. The van der Waals surface area contributed by atoms with Crippen molar-refractivity contribution in [2.75, 3.05) is 13.1 Å². The third kappa shape index (κ3) is 4.00. The zero-order chi connectivity index (χ0) is 11.5. The predicted octanol–water partition coefficient (Wildman–Crippen LogP) is 1.10. The summed E-state index contributed by atoms with van der Waals surface area (Å²) in [5.74, 6) is -0.521. The minimum absolute atomic E-state index is 0.324. The normalized spacial score (nSPS) is 21.4. The van der Waals surface area contributed by atoms with Crippen molar-refractivity contribution in [3.05, 3.63) is 0 Å². The van der Waals surface area contributed by atoms with Crippen LogP contribution >= 0.6 is 0 Å². The molecule has 0 aromatic carbocycles. The topological polar surface area (TPSA) is 55.4 Å². The SMILES string of the molecule is CC(C)(C)C(=O)OC(=O)C[C@@H]1CCNC1. The Kier molecular flexibility index (Phi) is 3.85. The van der Waals surface area contributed by atoms with Crippen LogP contribution in [0.25, 0.3) is 0 Å². The molecule has 0 aliphatic carbocycles. The molecule has 1 aliphatic heterocycles. The summed E-state index contributed by atoms with van der Waals surface area (Å²) in [6, 6.07) is 0. The lowest BCUT2D eigenvalue weighted by Crippen LogP contribution is -2.27. The molecule has 0 radical (unpaired) electrons. The summed E-state index contributed by atoms with van der Waals surface area (Å²) in [4.78, 5) is 22.8. The Morgan fingerprint density at radius 2 is 2.07 bits per heavy atom. The average molecular weight is 213 g/mol. The van der Waals surface area contributed by atoms with Gasteiger partial charge in [-0.05, 0) is 46.2 Å². The Labute approximate surface area is 90.4 Å². The van der Waals surface area contributed by atoms with Crippen molar-refractivity contribution < 1.29 is 14.3 Å². The summed E-state index contributed by atoms with van der Waals surface area (Å²) in [5.41, 5.74) is -0.608. The van der Waals surface area contributed by atoms with E-state index < -0.39 is 17.4 Å². The molecule has 0 aromatic rings. The van der Waals surface area contributed by atoms with Gasteiger partial charge in [-0.1, -0.05) is 0 Å². The molecular weight excluding hydrogens is 194 g/mol. The number of carbonyl (C=O) groups is 2. The lowest BCUT2D eigenvalue weighted by Gasteiger charge is -2.16. The molecule has 1 rings (SSSR count). The van der Waals surface area contributed by atoms with Crippen molar-refractivity contribution in [2.45, 2.75) is 33.6 Å². The van der Waals surface area contributed by atoms with Crippen LogP contribution in [0.4, 0.5) is 0 Å². The molecule has 1 aliphatic rings. The molecule has 1 atom stereocenters. The van der Waals surface area contributed by atoms with Crippen LogP contribution < -0.4 is 5.32 Å². The van der Waals surface area contributed by atoms with Gasteiger partial charge in [-0.25, -0.2) is 0 Å². The van der Waals surface area contributed by atoms with Crippen molar-refractivity contribution in [1.29, 1.82) is 0 Å². The highest BCUT2D eigenvalue weighted by molar-refractivity contribution is 5.88. The standard InChI is InChI=1S/C11H19NO3/c1-11(2,3)10(14)15-9(13)6-8-4-5-12-7-8/h8,12H,4-7H2,1-3H3/t8-/m0/s1. The summed E-state index contributed by atoms with van der Waals surface area (Å²) >= 11 is 0. The number of hydrogen-bond acceptors (Lipinski definition) is 4. The van der Waals surface area contributed by atoms with Crippen LogP contribution in [0.15, 0.2) is 0 Å². The number of esters is 2. The average Bonchev–Trinajstić information content (AvgIpc) is 2.54. The fourth-order valence-corrected chi connectivity index (χ4v) is 1.42. The van der Waals surface area contributed by atoms with Crippen molar-refractivity contribution in [3.63, 3.8) is 0 Å². The second-order valence-corrected chi connectivity index (χ2v) is 5.07. The van der Waals surface area contributed by atoms with E-state index in [9.17, 15) is 9.59 Å². The fraction of sp³-hybridized carbons (Fsp3) is 0.818. The van der Waals surface area contributed by atoms with Crippen LogP contribution in [0.1, 0.15) is 33.6 Å². The number of carbonyl (C=O) groups excluding carboxylic acids is 2. The molecule has 0 aromatic heterocycles. The zero-order valence-corrected chi connectivity index (χ0v) is 9.63. The fourth-order valence-electron chi connectivity index (χ4n) is 1.42. The molecule has 0 amide bonds. The van der Waals surface area contributed by atoms with E-state index in [1.54, 1.807) is 20.8 Å². The van der Waals surface area contributed by atoms with Crippen molar-refractivity contribution in [1.82, 2.24) is 5.32 Å². The summed E-state index contributed by atoms with van der Waals surface area (Å²) in [5, 5.41) is 3.17. The largest absolute Gasteiger partial charge is 0.393 e. The van der Waals surface area contributed by atoms with Gasteiger partial charge in [0, 0.05) is 0 Å². The smallest absolute Gasteiger partial charge is 0.318 e. The quantitative estimate of drug-likeness (QED) is 0.551. The maximum absolute atomic E-state index is 11.4. The number of hydrogen-bond donors (Lipinski definition) is 1. The van der Waals surface area contributed by atoms with Crippen LogP contribution in [0, 0.1) is 11.3 Å².